The predicted molar refractivity (Wildman–Crippen MR) is 191 cm³/mol. The summed E-state index contributed by atoms with van der Waals surface area (Å²) in [5, 5.41) is 3.10. The summed E-state index contributed by atoms with van der Waals surface area (Å²) >= 11 is 0. The lowest BCUT2D eigenvalue weighted by Gasteiger charge is -2.60. The number of benzene rings is 2. The molecule has 3 bridgehead atoms. The van der Waals surface area contributed by atoms with Crippen molar-refractivity contribution in [2.45, 2.75) is 77.3 Å². The summed E-state index contributed by atoms with van der Waals surface area (Å²) in [7, 11) is 4.73. The number of amides is 1. The number of hydrogen-bond acceptors (Lipinski definition) is 11. The highest BCUT2D eigenvalue weighted by atomic mass is 16.6. The summed E-state index contributed by atoms with van der Waals surface area (Å²) in [5.74, 6) is 2.11. The van der Waals surface area contributed by atoms with Gasteiger partial charge in [0.25, 0.3) is 0 Å². The van der Waals surface area contributed by atoms with Gasteiger partial charge in [-0.05, 0) is 109 Å². The maximum Gasteiger partial charge on any atom is 0.407 e. The Kier molecular flexibility index (Phi) is 11.4. The summed E-state index contributed by atoms with van der Waals surface area (Å²) in [6.45, 7) is 4.85. The largest absolute Gasteiger partial charge is 0.493 e. The van der Waals surface area contributed by atoms with Crippen LogP contribution in [0.3, 0.4) is 0 Å². The second-order valence-electron chi connectivity index (χ2n) is 15.9. The minimum atomic E-state index is -1.11. The molecule has 12 nitrogen and oxygen atoms in total. The quantitative estimate of drug-likeness (QED) is 0.141. The van der Waals surface area contributed by atoms with Gasteiger partial charge in [-0.2, -0.15) is 0 Å². The van der Waals surface area contributed by atoms with E-state index in [0.29, 0.717) is 59.7 Å². The van der Waals surface area contributed by atoms with Gasteiger partial charge < -0.3 is 44.2 Å². The first-order valence-electron chi connectivity index (χ1n) is 18.4. The number of alkyl carbamates (subject to hydrolysis) is 1. The number of rotatable bonds is 15. The summed E-state index contributed by atoms with van der Waals surface area (Å²) in [4.78, 5) is 38.0. The van der Waals surface area contributed by atoms with E-state index < -0.39 is 18.1 Å². The zero-order valence-electron chi connectivity index (χ0n) is 31.1. The third kappa shape index (κ3) is 8.54. The van der Waals surface area contributed by atoms with Crippen LogP contribution in [-0.4, -0.2) is 77.9 Å². The van der Waals surface area contributed by atoms with Gasteiger partial charge in [-0.1, -0.05) is 26.0 Å². The molecule has 1 heterocycles. The molecule has 2 aromatic carbocycles. The van der Waals surface area contributed by atoms with Gasteiger partial charge in [0, 0.05) is 12.0 Å². The molecule has 3 N–H and O–H groups in total. The number of hydrogen-bond donors (Lipinski definition) is 2. The van der Waals surface area contributed by atoms with Crippen LogP contribution in [0, 0.1) is 34.5 Å². The second-order valence-corrected chi connectivity index (χ2v) is 15.9. The van der Waals surface area contributed by atoms with Gasteiger partial charge in [0.15, 0.2) is 23.0 Å². The molecule has 1 amide bonds. The first-order chi connectivity index (χ1) is 24.9. The zero-order valence-corrected chi connectivity index (χ0v) is 31.1. The van der Waals surface area contributed by atoms with E-state index in [9.17, 15) is 14.4 Å². The minimum Gasteiger partial charge on any atom is -0.493 e. The molecule has 4 fully saturated rings. The van der Waals surface area contributed by atoms with Crippen LogP contribution < -0.4 is 30.0 Å². The number of esters is 2. The van der Waals surface area contributed by atoms with Crippen molar-refractivity contribution in [2.75, 3.05) is 47.8 Å². The Bertz CT molecular complexity index is 1610. The van der Waals surface area contributed by atoms with Gasteiger partial charge in [0.1, 0.15) is 25.9 Å². The summed E-state index contributed by atoms with van der Waals surface area (Å²) in [6, 6.07) is 10.2. The number of carbonyl (C=O) groups excluding carboxylic acids is 3. The fourth-order valence-electron chi connectivity index (χ4n) is 9.69. The van der Waals surface area contributed by atoms with Crippen LogP contribution >= 0.6 is 0 Å². The van der Waals surface area contributed by atoms with Crippen LogP contribution in [0.15, 0.2) is 36.4 Å². The van der Waals surface area contributed by atoms with Crippen molar-refractivity contribution in [2.24, 2.45) is 40.2 Å². The molecule has 4 aliphatic rings. The highest BCUT2D eigenvalue weighted by Gasteiger charge is 2.55. The Labute approximate surface area is 306 Å². The van der Waals surface area contributed by atoms with Gasteiger partial charge in [0.2, 0.25) is 0 Å². The molecule has 12 heteroatoms. The van der Waals surface area contributed by atoms with Crippen LogP contribution in [0.4, 0.5) is 4.79 Å². The minimum absolute atomic E-state index is 0.00704. The maximum atomic E-state index is 12.7. The number of nitrogens with one attached hydrogen (secondary N) is 1. The van der Waals surface area contributed by atoms with Crippen molar-refractivity contribution in [1.82, 2.24) is 5.32 Å². The number of carbonyl (C=O) groups is 3. The smallest absolute Gasteiger partial charge is 0.407 e. The normalized spacial score (nSPS) is 29.4. The molecule has 6 rings (SSSR count). The Morgan fingerprint density at radius 2 is 1.56 bits per heavy atom. The maximum absolute atomic E-state index is 12.7. The number of methoxy groups -OCH3 is 3. The second kappa shape index (κ2) is 15.8. The number of nitrogens with two attached hydrogens (primary N) is 1. The molecular formula is C40H54N2O10. The molecule has 3 aliphatic carbocycles. The fraction of sp³-hybridized carbons (Fsp3) is 0.625. The van der Waals surface area contributed by atoms with Crippen molar-refractivity contribution >= 4 is 18.0 Å². The van der Waals surface area contributed by atoms with Crippen molar-refractivity contribution in [3.8, 4) is 23.0 Å². The average molecular weight is 723 g/mol. The van der Waals surface area contributed by atoms with E-state index in [1.165, 1.54) is 32.8 Å². The van der Waals surface area contributed by atoms with E-state index in [1.807, 2.05) is 30.3 Å². The third-order valence-corrected chi connectivity index (χ3v) is 11.8. The summed E-state index contributed by atoms with van der Waals surface area (Å²) in [6.07, 6.45) is 7.56. The Balaban J connectivity index is 0.929. The van der Waals surface area contributed by atoms with Gasteiger partial charge in [-0.3, -0.25) is 9.59 Å². The molecule has 8 atom stereocenters. The lowest BCUT2D eigenvalue weighted by Crippen LogP contribution is -2.57. The van der Waals surface area contributed by atoms with Crippen molar-refractivity contribution in [3.05, 3.63) is 47.5 Å². The standard InChI is InChI=1S/C40H54N2O10/c1-39-11-10-28-27(18-39)19-40(2,23-39)20-31(28)42-38(45)52-22-30(41)37(44)50-13-12-49-33-9-7-25(17-35(33)48-5)15-29-26(21-51-36(29)43)14-24-6-8-32(46-3)34(16-24)47-4/h6-9,16-17,26-31H,10-15,18-23,41H2,1-5H3,(H,42,45)/t26-,27?,28?,29+,30-,31?,39?,40-/m0/s1. The summed E-state index contributed by atoms with van der Waals surface area (Å²) < 4.78 is 38.3. The van der Waals surface area contributed by atoms with E-state index in [4.69, 9.17) is 38.9 Å². The Morgan fingerprint density at radius 1 is 0.885 bits per heavy atom. The van der Waals surface area contributed by atoms with E-state index in [1.54, 1.807) is 20.3 Å². The van der Waals surface area contributed by atoms with Crippen molar-refractivity contribution in [1.29, 1.82) is 0 Å². The lowest BCUT2D eigenvalue weighted by molar-refractivity contribution is -0.147. The van der Waals surface area contributed by atoms with Crippen LogP contribution in [0.25, 0.3) is 0 Å². The van der Waals surface area contributed by atoms with Gasteiger partial charge in [-0.25, -0.2) is 4.79 Å². The van der Waals surface area contributed by atoms with Crippen molar-refractivity contribution < 1.29 is 47.5 Å². The lowest BCUT2D eigenvalue weighted by atomic mass is 9.46. The molecule has 1 saturated heterocycles. The van der Waals surface area contributed by atoms with Gasteiger partial charge >= 0.3 is 18.0 Å². The molecule has 1 aliphatic heterocycles. The molecule has 52 heavy (non-hydrogen) atoms. The Morgan fingerprint density at radius 3 is 2.29 bits per heavy atom. The molecule has 4 unspecified atom stereocenters. The highest BCUT2D eigenvalue weighted by molar-refractivity contribution is 5.76. The first-order valence-corrected chi connectivity index (χ1v) is 18.4. The number of cyclic esters (lactones) is 1. The highest BCUT2D eigenvalue weighted by Crippen LogP contribution is 2.62. The SMILES string of the molecule is COc1ccc(C[C@H]2COC(=O)[C@@H]2Cc2ccc(OCCOC(=O)[C@@H](N)COC(=O)NC3C[C@]4(C)CC5CC(C)(CCC53)C4)c(OC)c2)cc1OC. The monoisotopic (exact) mass is 722 g/mol. The predicted octanol–water partition coefficient (Wildman–Crippen LogP) is 5.26. The van der Waals surface area contributed by atoms with E-state index in [-0.39, 0.29) is 49.1 Å². The van der Waals surface area contributed by atoms with E-state index in [0.717, 1.165) is 24.0 Å². The number of fused-ring (bicyclic) bond motifs is 2. The molecule has 3 saturated carbocycles. The Hall–Kier alpha value is -4.19. The van der Waals surface area contributed by atoms with Crippen LogP contribution in [-0.2, 0) is 36.6 Å². The van der Waals surface area contributed by atoms with Crippen LogP contribution in [0.5, 0.6) is 23.0 Å². The molecule has 2 aromatic rings. The fourth-order valence-corrected chi connectivity index (χ4v) is 9.69. The first kappa shape index (κ1) is 37.6. The van der Waals surface area contributed by atoms with Crippen molar-refractivity contribution in [3.63, 3.8) is 0 Å². The topological polar surface area (TPSA) is 154 Å². The zero-order chi connectivity index (χ0) is 37.0. The average Bonchev–Trinajstić information content (AvgIpc) is 3.45. The summed E-state index contributed by atoms with van der Waals surface area (Å²) in [5.41, 5.74) is 8.59. The van der Waals surface area contributed by atoms with E-state index >= 15 is 0 Å². The molecule has 0 spiro atoms. The molecular weight excluding hydrogens is 668 g/mol. The van der Waals surface area contributed by atoms with Gasteiger partial charge in [0.05, 0.1) is 33.9 Å². The third-order valence-electron chi connectivity index (χ3n) is 11.8. The molecule has 0 aromatic heterocycles. The van der Waals surface area contributed by atoms with Crippen LogP contribution in [0.1, 0.15) is 63.5 Å². The molecule has 0 radical (unpaired) electrons. The molecule has 284 valence electrons. The number of ether oxygens (including phenoxy) is 7. The van der Waals surface area contributed by atoms with E-state index in [2.05, 4.69) is 19.2 Å². The van der Waals surface area contributed by atoms with Crippen LogP contribution in [0.2, 0.25) is 0 Å². The van der Waals surface area contributed by atoms with Gasteiger partial charge in [-0.15, -0.1) is 0 Å².